The maximum atomic E-state index is 12.3. The lowest BCUT2D eigenvalue weighted by Gasteiger charge is -2.25. The van der Waals surface area contributed by atoms with Crippen LogP contribution < -0.4 is 5.32 Å². The van der Waals surface area contributed by atoms with E-state index in [4.69, 9.17) is 0 Å². The number of amides is 2. The second-order valence-electron chi connectivity index (χ2n) is 6.16. The van der Waals surface area contributed by atoms with E-state index in [9.17, 15) is 25.0 Å². The standard InChI is InChI=1S/C18H16N4O4S/c1-11(23)21-7-6-14-15(9-19)18(27-16(14)10-21)20-17(24)8-12-2-4-13(5-3-12)22(25)26/h2-5H,6-8,10H2,1H3,(H,20,24). The normalized spacial score (nSPS) is 12.8. The highest BCUT2D eigenvalue weighted by molar-refractivity contribution is 7.16. The number of fused-ring (bicyclic) bond motifs is 1. The molecule has 1 N–H and O–H groups in total. The quantitative estimate of drug-likeness (QED) is 0.642. The van der Waals surface area contributed by atoms with Crippen molar-refractivity contribution in [3.05, 3.63) is 55.9 Å². The molecule has 138 valence electrons. The topological polar surface area (TPSA) is 116 Å². The Bertz CT molecular complexity index is 959. The van der Waals surface area contributed by atoms with Gasteiger partial charge in [-0.2, -0.15) is 5.26 Å². The summed E-state index contributed by atoms with van der Waals surface area (Å²) in [4.78, 5) is 36.7. The third kappa shape index (κ3) is 3.96. The third-order valence-electron chi connectivity index (χ3n) is 4.38. The summed E-state index contributed by atoms with van der Waals surface area (Å²) in [6, 6.07) is 7.93. The maximum absolute atomic E-state index is 12.3. The molecule has 0 fully saturated rings. The van der Waals surface area contributed by atoms with Crippen molar-refractivity contribution in [2.24, 2.45) is 0 Å². The van der Waals surface area contributed by atoms with E-state index in [1.54, 1.807) is 4.90 Å². The van der Waals surface area contributed by atoms with Crippen molar-refractivity contribution in [1.82, 2.24) is 4.90 Å². The maximum Gasteiger partial charge on any atom is 0.269 e. The number of benzene rings is 1. The summed E-state index contributed by atoms with van der Waals surface area (Å²) >= 11 is 1.32. The molecular formula is C18H16N4O4S. The Morgan fingerprint density at radius 3 is 2.67 bits per heavy atom. The molecule has 0 saturated carbocycles. The van der Waals surface area contributed by atoms with Gasteiger partial charge in [0.05, 0.1) is 23.5 Å². The fraction of sp³-hybridized carbons (Fsp3) is 0.278. The van der Waals surface area contributed by atoms with Gasteiger partial charge in [0.15, 0.2) is 0 Å². The zero-order valence-electron chi connectivity index (χ0n) is 14.5. The Morgan fingerprint density at radius 2 is 2.07 bits per heavy atom. The molecule has 3 rings (SSSR count). The number of thiophene rings is 1. The van der Waals surface area contributed by atoms with Crippen LogP contribution in [0, 0.1) is 21.4 Å². The van der Waals surface area contributed by atoms with E-state index in [1.165, 1.54) is 42.5 Å². The number of non-ortho nitro benzene ring substituents is 1. The minimum Gasteiger partial charge on any atom is -0.337 e. The smallest absolute Gasteiger partial charge is 0.269 e. The van der Waals surface area contributed by atoms with E-state index in [1.807, 2.05) is 0 Å². The van der Waals surface area contributed by atoms with E-state index in [-0.39, 0.29) is 23.9 Å². The fourth-order valence-electron chi connectivity index (χ4n) is 2.97. The fourth-order valence-corrected chi connectivity index (χ4v) is 4.20. The van der Waals surface area contributed by atoms with Crippen LogP contribution in [0.4, 0.5) is 10.7 Å². The summed E-state index contributed by atoms with van der Waals surface area (Å²) in [5.41, 5.74) is 1.95. The number of carbonyl (C=O) groups excluding carboxylic acids is 2. The number of rotatable bonds is 4. The number of carbonyl (C=O) groups is 2. The van der Waals surface area contributed by atoms with Crippen molar-refractivity contribution < 1.29 is 14.5 Å². The van der Waals surface area contributed by atoms with Crippen LogP contribution in [0.5, 0.6) is 0 Å². The lowest BCUT2D eigenvalue weighted by molar-refractivity contribution is -0.384. The van der Waals surface area contributed by atoms with Gasteiger partial charge in [-0.25, -0.2) is 0 Å². The molecule has 1 aromatic heterocycles. The predicted molar refractivity (Wildman–Crippen MR) is 99.3 cm³/mol. The minimum atomic E-state index is -0.496. The van der Waals surface area contributed by atoms with Crippen molar-refractivity contribution in [2.75, 3.05) is 11.9 Å². The van der Waals surface area contributed by atoms with Crippen LogP contribution in [-0.2, 0) is 29.0 Å². The van der Waals surface area contributed by atoms with Crippen molar-refractivity contribution >= 4 is 33.8 Å². The average molecular weight is 384 g/mol. The number of anilines is 1. The van der Waals surface area contributed by atoms with Gasteiger partial charge in [-0.05, 0) is 17.5 Å². The molecule has 1 aliphatic heterocycles. The molecule has 2 heterocycles. The Morgan fingerprint density at radius 1 is 1.37 bits per heavy atom. The van der Waals surface area contributed by atoms with Crippen LogP contribution in [-0.4, -0.2) is 28.2 Å². The first-order valence-corrected chi connectivity index (χ1v) is 9.04. The summed E-state index contributed by atoms with van der Waals surface area (Å²) < 4.78 is 0. The van der Waals surface area contributed by atoms with Gasteiger partial charge < -0.3 is 10.2 Å². The van der Waals surface area contributed by atoms with Crippen LogP contribution in [0.3, 0.4) is 0 Å². The highest BCUT2D eigenvalue weighted by atomic mass is 32.1. The summed E-state index contributed by atoms with van der Waals surface area (Å²) in [5, 5.41) is 23.4. The Kier molecular flexibility index (Phi) is 5.19. The first-order chi connectivity index (χ1) is 12.9. The number of nitrogens with one attached hydrogen (secondary N) is 1. The molecule has 0 atom stereocenters. The van der Waals surface area contributed by atoms with Crippen LogP contribution >= 0.6 is 11.3 Å². The molecule has 0 spiro atoms. The highest BCUT2D eigenvalue weighted by Gasteiger charge is 2.26. The van der Waals surface area contributed by atoms with Gasteiger partial charge in [0, 0.05) is 30.5 Å². The molecule has 1 aromatic carbocycles. The number of nitriles is 1. The Hall–Kier alpha value is -3.25. The molecular weight excluding hydrogens is 368 g/mol. The van der Waals surface area contributed by atoms with Crippen LogP contribution in [0.1, 0.15) is 28.5 Å². The molecule has 0 radical (unpaired) electrons. The second kappa shape index (κ2) is 7.55. The average Bonchev–Trinajstić information content (AvgIpc) is 2.97. The number of hydrogen-bond donors (Lipinski definition) is 1. The van der Waals surface area contributed by atoms with Gasteiger partial charge in [-0.3, -0.25) is 19.7 Å². The van der Waals surface area contributed by atoms with Crippen molar-refractivity contribution in [2.45, 2.75) is 26.3 Å². The first-order valence-electron chi connectivity index (χ1n) is 8.22. The molecule has 2 aromatic rings. The van der Waals surface area contributed by atoms with Gasteiger partial charge in [0.25, 0.3) is 5.69 Å². The number of nitro benzene ring substituents is 1. The molecule has 1 aliphatic rings. The van der Waals surface area contributed by atoms with Crippen LogP contribution in [0.2, 0.25) is 0 Å². The predicted octanol–water partition coefficient (Wildman–Crippen LogP) is 2.61. The second-order valence-corrected chi connectivity index (χ2v) is 7.26. The third-order valence-corrected chi connectivity index (χ3v) is 5.51. The zero-order valence-corrected chi connectivity index (χ0v) is 15.3. The van der Waals surface area contributed by atoms with Gasteiger partial charge in [0.2, 0.25) is 11.8 Å². The zero-order chi connectivity index (χ0) is 19.6. The van der Waals surface area contributed by atoms with Crippen LogP contribution in [0.15, 0.2) is 24.3 Å². The summed E-state index contributed by atoms with van der Waals surface area (Å²) in [6.45, 7) is 2.52. The van der Waals surface area contributed by atoms with Crippen LogP contribution in [0.25, 0.3) is 0 Å². The molecule has 0 bridgehead atoms. The van der Waals surface area contributed by atoms with E-state index in [0.29, 0.717) is 35.6 Å². The highest BCUT2D eigenvalue weighted by Crippen LogP contribution is 2.36. The molecule has 9 heteroatoms. The molecule has 0 unspecified atom stereocenters. The molecule has 0 aliphatic carbocycles. The van der Waals surface area contributed by atoms with Gasteiger partial charge in [-0.15, -0.1) is 11.3 Å². The lowest BCUT2D eigenvalue weighted by atomic mass is 10.0. The Labute approximate surface area is 159 Å². The Balaban J connectivity index is 1.74. The van der Waals surface area contributed by atoms with E-state index in [2.05, 4.69) is 11.4 Å². The first kappa shape index (κ1) is 18.5. The summed E-state index contributed by atoms with van der Waals surface area (Å²) in [5.74, 6) is -0.321. The van der Waals surface area contributed by atoms with Crippen molar-refractivity contribution in [3.8, 4) is 6.07 Å². The SMILES string of the molecule is CC(=O)N1CCc2c(sc(NC(=O)Cc3ccc([N+](=O)[O-])cc3)c2C#N)C1. The lowest BCUT2D eigenvalue weighted by Crippen LogP contribution is -2.33. The molecule has 8 nitrogen and oxygen atoms in total. The monoisotopic (exact) mass is 384 g/mol. The summed E-state index contributed by atoms with van der Waals surface area (Å²) in [6.07, 6.45) is 0.636. The molecule has 27 heavy (non-hydrogen) atoms. The summed E-state index contributed by atoms with van der Waals surface area (Å²) in [7, 11) is 0. The van der Waals surface area contributed by atoms with E-state index in [0.717, 1.165) is 10.4 Å². The largest absolute Gasteiger partial charge is 0.337 e. The van der Waals surface area contributed by atoms with E-state index < -0.39 is 4.92 Å². The molecule has 2 amide bonds. The van der Waals surface area contributed by atoms with Crippen molar-refractivity contribution in [1.29, 1.82) is 5.26 Å². The number of nitro groups is 1. The van der Waals surface area contributed by atoms with Crippen molar-refractivity contribution in [3.63, 3.8) is 0 Å². The van der Waals surface area contributed by atoms with E-state index >= 15 is 0 Å². The number of hydrogen-bond acceptors (Lipinski definition) is 6. The molecule has 0 saturated heterocycles. The van der Waals surface area contributed by atoms with Gasteiger partial charge in [0.1, 0.15) is 11.1 Å². The van der Waals surface area contributed by atoms with Gasteiger partial charge >= 0.3 is 0 Å². The minimum absolute atomic E-state index is 0.0173. The number of nitrogens with zero attached hydrogens (tertiary/aromatic N) is 3. The van der Waals surface area contributed by atoms with Gasteiger partial charge in [-0.1, -0.05) is 12.1 Å².